The van der Waals surface area contributed by atoms with E-state index < -0.39 is 0 Å². The quantitative estimate of drug-likeness (QED) is 0.842. The van der Waals surface area contributed by atoms with Crippen LogP contribution in [0.25, 0.3) is 5.69 Å². The van der Waals surface area contributed by atoms with Crippen molar-refractivity contribution < 1.29 is 0 Å². The average Bonchev–Trinajstić information content (AvgIpc) is 2.77. The van der Waals surface area contributed by atoms with Gasteiger partial charge in [0.05, 0.1) is 0 Å². The Balaban J connectivity index is 2.09. The number of fused-ring (bicyclic) bond motifs is 1. The number of rotatable bonds is 2. The van der Waals surface area contributed by atoms with E-state index in [0.29, 0.717) is 0 Å². The van der Waals surface area contributed by atoms with Crippen molar-refractivity contribution in [2.75, 3.05) is 6.26 Å². The van der Waals surface area contributed by atoms with Gasteiger partial charge in [-0.05, 0) is 68.3 Å². The van der Waals surface area contributed by atoms with Crippen LogP contribution in [-0.2, 0) is 6.42 Å². The Morgan fingerprint density at radius 3 is 2.68 bits per heavy atom. The molecule has 0 saturated carbocycles. The average molecular weight is 272 g/mol. The first-order valence-electron chi connectivity index (χ1n) is 6.82. The highest BCUT2D eigenvalue weighted by atomic mass is 32.2. The van der Waals surface area contributed by atoms with Crippen LogP contribution in [0, 0.1) is 6.92 Å². The maximum Gasteiger partial charge on any atom is 0.0455 e. The number of thioether (sulfide) groups is 1. The number of benzene rings is 1. The fraction of sp³-hybridized carbons (Fsp3) is 0.375. The fourth-order valence-electron chi connectivity index (χ4n) is 3.03. The van der Waals surface area contributed by atoms with Crippen LogP contribution >= 0.6 is 11.8 Å². The minimum atomic E-state index is 0.217. The SMILES string of the molecule is CSc1ccc(-n2c(C)cc3c2CCCC3N)cc1. The summed E-state index contributed by atoms with van der Waals surface area (Å²) in [5, 5.41) is 0. The van der Waals surface area contributed by atoms with Gasteiger partial charge in [0.15, 0.2) is 0 Å². The Bertz CT molecular complexity index is 584. The maximum absolute atomic E-state index is 6.24. The summed E-state index contributed by atoms with van der Waals surface area (Å²) in [6, 6.07) is 11.3. The number of aromatic nitrogens is 1. The molecule has 0 bridgehead atoms. The topological polar surface area (TPSA) is 30.9 Å². The van der Waals surface area contributed by atoms with Crippen LogP contribution in [0.3, 0.4) is 0 Å². The largest absolute Gasteiger partial charge is 0.324 e. The van der Waals surface area contributed by atoms with E-state index in [-0.39, 0.29) is 6.04 Å². The van der Waals surface area contributed by atoms with Crippen molar-refractivity contribution in [3.63, 3.8) is 0 Å². The smallest absolute Gasteiger partial charge is 0.0455 e. The molecule has 2 aromatic rings. The first kappa shape index (κ1) is 12.8. The van der Waals surface area contributed by atoms with Crippen LogP contribution in [0.1, 0.15) is 35.8 Å². The second-order valence-electron chi connectivity index (χ2n) is 5.22. The molecule has 0 aliphatic heterocycles. The lowest BCUT2D eigenvalue weighted by Gasteiger charge is -2.21. The number of aryl methyl sites for hydroxylation is 1. The number of hydrogen-bond donors (Lipinski definition) is 1. The van der Waals surface area contributed by atoms with Crippen molar-refractivity contribution in [3.05, 3.63) is 47.3 Å². The lowest BCUT2D eigenvalue weighted by Crippen LogP contribution is -2.17. The van der Waals surface area contributed by atoms with Gasteiger partial charge in [-0.2, -0.15) is 0 Å². The molecular formula is C16H20N2S. The van der Waals surface area contributed by atoms with E-state index in [0.717, 1.165) is 12.8 Å². The third-order valence-corrected chi connectivity index (χ3v) is 4.72. The molecule has 1 aromatic carbocycles. The third kappa shape index (κ3) is 2.21. The zero-order valence-electron chi connectivity index (χ0n) is 11.5. The van der Waals surface area contributed by atoms with Crippen LogP contribution in [0.4, 0.5) is 0 Å². The van der Waals surface area contributed by atoms with Gasteiger partial charge in [-0.3, -0.25) is 0 Å². The first-order chi connectivity index (χ1) is 9.20. The van der Waals surface area contributed by atoms with Gasteiger partial charge in [0.25, 0.3) is 0 Å². The molecule has 1 atom stereocenters. The molecule has 1 aromatic heterocycles. The molecule has 2 N–H and O–H groups in total. The predicted octanol–water partition coefficient (Wildman–Crippen LogP) is 3.84. The van der Waals surface area contributed by atoms with E-state index in [1.807, 2.05) is 0 Å². The van der Waals surface area contributed by atoms with Gasteiger partial charge in [-0.1, -0.05) is 0 Å². The van der Waals surface area contributed by atoms with Crippen molar-refractivity contribution in [1.82, 2.24) is 4.57 Å². The van der Waals surface area contributed by atoms with Crippen LogP contribution in [0.2, 0.25) is 0 Å². The van der Waals surface area contributed by atoms with Crippen molar-refractivity contribution in [2.45, 2.75) is 37.1 Å². The Labute approximate surface area is 119 Å². The molecule has 0 saturated heterocycles. The Kier molecular flexibility index (Phi) is 3.42. The highest BCUT2D eigenvalue weighted by Crippen LogP contribution is 2.33. The zero-order valence-corrected chi connectivity index (χ0v) is 12.3. The lowest BCUT2D eigenvalue weighted by atomic mass is 9.93. The number of nitrogens with two attached hydrogens (primary N) is 1. The molecule has 1 aliphatic carbocycles. The second-order valence-corrected chi connectivity index (χ2v) is 6.10. The zero-order chi connectivity index (χ0) is 13.4. The van der Waals surface area contributed by atoms with Crippen LogP contribution in [-0.4, -0.2) is 10.8 Å². The van der Waals surface area contributed by atoms with Gasteiger partial charge >= 0.3 is 0 Å². The monoisotopic (exact) mass is 272 g/mol. The van der Waals surface area contributed by atoms with Crippen molar-refractivity contribution >= 4 is 11.8 Å². The van der Waals surface area contributed by atoms with Crippen LogP contribution in [0.5, 0.6) is 0 Å². The minimum absolute atomic E-state index is 0.217. The van der Waals surface area contributed by atoms with Crippen molar-refractivity contribution in [1.29, 1.82) is 0 Å². The third-order valence-electron chi connectivity index (χ3n) is 3.98. The van der Waals surface area contributed by atoms with Gasteiger partial charge in [-0.15, -0.1) is 11.8 Å². The van der Waals surface area contributed by atoms with Gasteiger partial charge in [0.1, 0.15) is 0 Å². The fourth-order valence-corrected chi connectivity index (χ4v) is 3.44. The molecule has 100 valence electrons. The number of hydrogen-bond acceptors (Lipinski definition) is 2. The summed E-state index contributed by atoms with van der Waals surface area (Å²) < 4.78 is 2.37. The summed E-state index contributed by atoms with van der Waals surface area (Å²) in [5.74, 6) is 0. The summed E-state index contributed by atoms with van der Waals surface area (Å²) in [5.41, 5.74) is 11.5. The molecule has 2 nitrogen and oxygen atoms in total. The van der Waals surface area contributed by atoms with E-state index in [1.54, 1.807) is 11.8 Å². The molecule has 1 unspecified atom stereocenters. The molecular weight excluding hydrogens is 252 g/mol. The van der Waals surface area contributed by atoms with Gasteiger partial charge < -0.3 is 10.3 Å². The Morgan fingerprint density at radius 2 is 2.00 bits per heavy atom. The molecule has 0 radical (unpaired) electrons. The molecule has 3 heteroatoms. The first-order valence-corrected chi connectivity index (χ1v) is 8.04. The summed E-state index contributed by atoms with van der Waals surface area (Å²) in [7, 11) is 0. The summed E-state index contributed by atoms with van der Waals surface area (Å²) in [6.07, 6.45) is 5.56. The molecule has 1 heterocycles. The molecule has 0 amide bonds. The summed E-state index contributed by atoms with van der Waals surface area (Å²) in [6.45, 7) is 2.17. The van der Waals surface area contributed by atoms with E-state index in [2.05, 4.69) is 48.1 Å². The predicted molar refractivity (Wildman–Crippen MR) is 82.2 cm³/mol. The second kappa shape index (κ2) is 5.06. The highest BCUT2D eigenvalue weighted by Gasteiger charge is 2.22. The van der Waals surface area contributed by atoms with E-state index in [9.17, 15) is 0 Å². The van der Waals surface area contributed by atoms with Crippen molar-refractivity contribution in [2.24, 2.45) is 5.73 Å². The minimum Gasteiger partial charge on any atom is -0.324 e. The standard InChI is InChI=1S/C16H20N2S/c1-11-10-14-15(17)4-3-5-16(14)18(11)12-6-8-13(19-2)9-7-12/h6-10,15H,3-5,17H2,1-2H3. The number of nitrogens with zero attached hydrogens (tertiary/aromatic N) is 1. The molecule has 3 rings (SSSR count). The molecule has 1 aliphatic rings. The van der Waals surface area contributed by atoms with Crippen molar-refractivity contribution in [3.8, 4) is 5.69 Å². The van der Waals surface area contributed by atoms with E-state index in [4.69, 9.17) is 5.73 Å². The highest BCUT2D eigenvalue weighted by molar-refractivity contribution is 7.98. The Morgan fingerprint density at radius 1 is 1.26 bits per heavy atom. The van der Waals surface area contributed by atoms with E-state index >= 15 is 0 Å². The normalized spacial score (nSPS) is 18.4. The Hall–Kier alpha value is -1.19. The van der Waals surface area contributed by atoms with E-state index in [1.165, 1.54) is 34.0 Å². The maximum atomic E-state index is 6.24. The van der Waals surface area contributed by atoms with Gasteiger partial charge in [0, 0.05) is 28.0 Å². The van der Waals surface area contributed by atoms with Gasteiger partial charge in [0.2, 0.25) is 0 Å². The van der Waals surface area contributed by atoms with Gasteiger partial charge in [-0.25, -0.2) is 0 Å². The van der Waals surface area contributed by atoms with Crippen LogP contribution < -0.4 is 5.73 Å². The summed E-state index contributed by atoms with van der Waals surface area (Å²) in [4.78, 5) is 1.30. The van der Waals surface area contributed by atoms with Crippen LogP contribution in [0.15, 0.2) is 35.2 Å². The summed E-state index contributed by atoms with van der Waals surface area (Å²) >= 11 is 1.78. The molecule has 0 fully saturated rings. The molecule has 0 spiro atoms. The molecule has 19 heavy (non-hydrogen) atoms. The lowest BCUT2D eigenvalue weighted by molar-refractivity contribution is 0.560.